The molecule has 1 fully saturated rings. The van der Waals surface area contributed by atoms with E-state index in [9.17, 15) is 9.90 Å². The van der Waals surface area contributed by atoms with Crippen molar-refractivity contribution in [1.82, 2.24) is 5.32 Å². The van der Waals surface area contributed by atoms with Crippen LogP contribution in [0.5, 0.6) is 0 Å². The number of aliphatic hydroxyl groups excluding tert-OH is 1. The standard InChI is InChI=1S/C13H25NO3/c1-9(13(16)17-3)10(2)14-7-11-5-4-6-12(11)8-15/h9-12,14-15H,4-8H2,1-3H3. The van der Waals surface area contributed by atoms with E-state index < -0.39 is 0 Å². The Morgan fingerprint density at radius 2 is 2.06 bits per heavy atom. The largest absolute Gasteiger partial charge is 0.469 e. The first-order chi connectivity index (χ1) is 8.10. The highest BCUT2D eigenvalue weighted by atomic mass is 16.5. The Hall–Kier alpha value is -0.610. The number of rotatable bonds is 6. The molecular weight excluding hydrogens is 218 g/mol. The third-order valence-electron chi connectivity index (χ3n) is 4.08. The van der Waals surface area contributed by atoms with Crippen molar-refractivity contribution in [3.8, 4) is 0 Å². The molecule has 1 aliphatic rings. The van der Waals surface area contributed by atoms with Crippen LogP contribution >= 0.6 is 0 Å². The average Bonchev–Trinajstić information content (AvgIpc) is 2.81. The van der Waals surface area contributed by atoms with Crippen molar-refractivity contribution in [1.29, 1.82) is 0 Å². The Balaban J connectivity index is 2.32. The molecule has 1 saturated carbocycles. The van der Waals surface area contributed by atoms with Gasteiger partial charge in [0.25, 0.3) is 0 Å². The fourth-order valence-corrected chi connectivity index (χ4v) is 2.53. The fraction of sp³-hybridized carbons (Fsp3) is 0.923. The Kier molecular flexibility index (Phi) is 5.92. The molecule has 1 rings (SSSR count). The second-order valence-electron chi connectivity index (χ2n) is 5.14. The summed E-state index contributed by atoms with van der Waals surface area (Å²) in [4.78, 5) is 11.4. The van der Waals surface area contributed by atoms with Gasteiger partial charge >= 0.3 is 5.97 Å². The number of hydrogen-bond acceptors (Lipinski definition) is 4. The van der Waals surface area contributed by atoms with Crippen molar-refractivity contribution in [3.63, 3.8) is 0 Å². The van der Waals surface area contributed by atoms with Crippen molar-refractivity contribution in [2.45, 2.75) is 39.2 Å². The topological polar surface area (TPSA) is 58.6 Å². The molecule has 0 aliphatic heterocycles. The van der Waals surface area contributed by atoms with Crippen molar-refractivity contribution in [2.75, 3.05) is 20.3 Å². The summed E-state index contributed by atoms with van der Waals surface area (Å²) in [6, 6.07) is 0.113. The second-order valence-corrected chi connectivity index (χ2v) is 5.14. The van der Waals surface area contributed by atoms with Crippen molar-refractivity contribution in [2.24, 2.45) is 17.8 Å². The number of carbonyl (C=O) groups is 1. The number of esters is 1. The summed E-state index contributed by atoms with van der Waals surface area (Å²) in [5, 5.41) is 12.6. The van der Waals surface area contributed by atoms with Gasteiger partial charge in [0.15, 0.2) is 0 Å². The Labute approximate surface area is 104 Å². The molecule has 2 N–H and O–H groups in total. The van der Waals surface area contributed by atoms with Gasteiger partial charge < -0.3 is 15.2 Å². The van der Waals surface area contributed by atoms with Crippen molar-refractivity contribution < 1.29 is 14.6 Å². The molecule has 0 bridgehead atoms. The Morgan fingerprint density at radius 3 is 2.65 bits per heavy atom. The van der Waals surface area contributed by atoms with Crippen LogP contribution in [0.25, 0.3) is 0 Å². The van der Waals surface area contributed by atoms with Gasteiger partial charge in [0.2, 0.25) is 0 Å². The van der Waals surface area contributed by atoms with E-state index in [0.29, 0.717) is 11.8 Å². The predicted molar refractivity (Wildman–Crippen MR) is 66.6 cm³/mol. The summed E-state index contributed by atoms with van der Waals surface area (Å²) >= 11 is 0. The summed E-state index contributed by atoms with van der Waals surface area (Å²) in [5.74, 6) is 0.680. The van der Waals surface area contributed by atoms with Crippen LogP contribution in [0.2, 0.25) is 0 Å². The molecule has 0 spiro atoms. The number of nitrogens with one attached hydrogen (secondary N) is 1. The SMILES string of the molecule is COC(=O)C(C)C(C)NCC1CCCC1CO. The molecule has 100 valence electrons. The van der Waals surface area contributed by atoms with Crippen molar-refractivity contribution >= 4 is 5.97 Å². The smallest absolute Gasteiger partial charge is 0.309 e. The molecule has 1 aliphatic carbocycles. The normalized spacial score (nSPS) is 27.8. The van der Waals surface area contributed by atoms with Gasteiger partial charge in [-0.1, -0.05) is 13.3 Å². The first-order valence-electron chi connectivity index (χ1n) is 6.52. The molecule has 0 aromatic heterocycles. The molecule has 4 heteroatoms. The van der Waals surface area contributed by atoms with Crippen LogP contribution in [-0.4, -0.2) is 37.4 Å². The van der Waals surface area contributed by atoms with Crippen LogP contribution in [0.4, 0.5) is 0 Å². The predicted octanol–water partition coefficient (Wildman–Crippen LogP) is 1.18. The van der Waals surface area contributed by atoms with Crippen LogP contribution in [-0.2, 0) is 9.53 Å². The lowest BCUT2D eigenvalue weighted by Gasteiger charge is -2.23. The zero-order chi connectivity index (χ0) is 12.8. The highest BCUT2D eigenvalue weighted by Gasteiger charge is 2.28. The van der Waals surface area contributed by atoms with Gasteiger partial charge in [-0.2, -0.15) is 0 Å². The van der Waals surface area contributed by atoms with E-state index in [2.05, 4.69) is 5.32 Å². The lowest BCUT2D eigenvalue weighted by atomic mass is 9.95. The van der Waals surface area contributed by atoms with E-state index in [4.69, 9.17) is 4.74 Å². The molecule has 0 aromatic carbocycles. The Bertz CT molecular complexity index is 245. The van der Waals surface area contributed by atoms with E-state index >= 15 is 0 Å². The third-order valence-corrected chi connectivity index (χ3v) is 4.08. The molecule has 0 saturated heterocycles. The molecule has 4 nitrogen and oxygen atoms in total. The number of aliphatic hydroxyl groups is 1. The highest BCUT2D eigenvalue weighted by molar-refractivity contribution is 5.72. The van der Waals surface area contributed by atoms with Crippen molar-refractivity contribution in [3.05, 3.63) is 0 Å². The average molecular weight is 243 g/mol. The summed E-state index contributed by atoms with van der Waals surface area (Å²) in [5.41, 5.74) is 0. The molecule has 17 heavy (non-hydrogen) atoms. The van der Waals surface area contributed by atoms with E-state index in [1.165, 1.54) is 20.0 Å². The molecule has 0 aromatic rings. The lowest BCUT2D eigenvalue weighted by molar-refractivity contribution is -0.145. The highest BCUT2D eigenvalue weighted by Crippen LogP contribution is 2.30. The summed E-state index contributed by atoms with van der Waals surface area (Å²) < 4.78 is 4.73. The van der Waals surface area contributed by atoms with Crippen LogP contribution < -0.4 is 5.32 Å². The van der Waals surface area contributed by atoms with Gasteiger partial charge in [-0.05, 0) is 38.1 Å². The number of ether oxygens (including phenoxy) is 1. The summed E-state index contributed by atoms with van der Waals surface area (Å²) in [7, 11) is 1.42. The zero-order valence-electron chi connectivity index (χ0n) is 11.1. The van der Waals surface area contributed by atoms with Gasteiger partial charge in [0.05, 0.1) is 13.0 Å². The van der Waals surface area contributed by atoms with Gasteiger partial charge in [-0.25, -0.2) is 0 Å². The minimum Gasteiger partial charge on any atom is -0.469 e. The minimum absolute atomic E-state index is 0.113. The Morgan fingerprint density at radius 1 is 1.41 bits per heavy atom. The first kappa shape index (κ1) is 14.5. The number of carbonyl (C=O) groups excluding carboxylic acids is 1. The van der Waals surface area contributed by atoms with Gasteiger partial charge in [-0.3, -0.25) is 4.79 Å². The van der Waals surface area contributed by atoms with Gasteiger partial charge in [-0.15, -0.1) is 0 Å². The molecule has 0 radical (unpaired) electrons. The zero-order valence-corrected chi connectivity index (χ0v) is 11.1. The van der Waals surface area contributed by atoms with E-state index in [1.807, 2.05) is 13.8 Å². The monoisotopic (exact) mass is 243 g/mol. The van der Waals surface area contributed by atoms with E-state index in [1.54, 1.807) is 0 Å². The first-order valence-corrected chi connectivity index (χ1v) is 6.52. The summed E-state index contributed by atoms with van der Waals surface area (Å²) in [6.07, 6.45) is 3.51. The molecular formula is C13H25NO3. The van der Waals surface area contributed by atoms with E-state index in [0.717, 1.165) is 13.0 Å². The minimum atomic E-state index is -0.171. The maximum atomic E-state index is 11.4. The summed E-state index contributed by atoms with van der Waals surface area (Å²) in [6.45, 7) is 5.05. The van der Waals surface area contributed by atoms with Crippen LogP contribution in [0.15, 0.2) is 0 Å². The van der Waals surface area contributed by atoms with Crippen LogP contribution in [0.1, 0.15) is 33.1 Å². The quantitative estimate of drug-likeness (QED) is 0.688. The van der Waals surface area contributed by atoms with Crippen LogP contribution in [0.3, 0.4) is 0 Å². The lowest BCUT2D eigenvalue weighted by Crippen LogP contribution is -2.40. The molecule has 0 amide bonds. The molecule has 4 unspecified atom stereocenters. The van der Waals surface area contributed by atoms with Gasteiger partial charge in [0.1, 0.15) is 0 Å². The molecule has 0 heterocycles. The van der Waals surface area contributed by atoms with E-state index in [-0.39, 0.29) is 24.5 Å². The molecule has 4 atom stereocenters. The number of hydrogen-bond donors (Lipinski definition) is 2. The fourth-order valence-electron chi connectivity index (χ4n) is 2.53. The number of methoxy groups -OCH3 is 1. The maximum absolute atomic E-state index is 11.4. The third kappa shape index (κ3) is 3.96. The van der Waals surface area contributed by atoms with Crippen LogP contribution in [0, 0.1) is 17.8 Å². The second kappa shape index (κ2) is 6.97. The maximum Gasteiger partial charge on any atom is 0.309 e. The van der Waals surface area contributed by atoms with Gasteiger partial charge in [0, 0.05) is 12.6 Å².